The summed E-state index contributed by atoms with van der Waals surface area (Å²) in [5.41, 5.74) is 1.09. The van der Waals surface area contributed by atoms with Crippen LogP contribution in [0.3, 0.4) is 0 Å². The highest BCUT2D eigenvalue weighted by molar-refractivity contribution is 5.25. The van der Waals surface area contributed by atoms with E-state index in [-0.39, 0.29) is 0 Å². The Morgan fingerprint density at radius 2 is 2.35 bits per heavy atom. The van der Waals surface area contributed by atoms with E-state index in [1.54, 1.807) is 6.26 Å². The van der Waals surface area contributed by atoms with Gasteiger partial charge in [-0.05, 0) is 37.6 Å². The first kappa shape index (κ1) is 13.1. The van der Waals surface area contributed by atoms with Crippen LogP contribution in [0.4, 0.5) is 5.95 Å². The van der Waals surface area contributed by atoms with E-state index in [9.17, 15) is 0 Å². The average molecular weight is 272 g/mol. The predicted octanol–water partition coefficient (Wildman–Crippen LogP) is 2.84. The van der Waals surface area contributed by atoms with Gasteiger partial charge < -0.3 is 9.73 Å². The zero-order valence-electron chi connectivity index (χ0n) is 11.7. The molecule has 106 valence electrons. The molecule has 1 saturated heterocycles. The summed E-state index contributed by atoms with van der Waals surface area (Å²) < 4.78 is 5.48. The summed E-state index contributed by atoms with van der Waals surface area (Å²) in [5, 5.41) is 3.01. The quantitative estimate of drug-likeness (QED) is 0.927. The van der Waals surface area contributed by atoms with E-state index in [0.717, 1.165) is 31.0 Å². The molecule has 1 atom stereocenters. The Bertz CT molecular complexity index is 541. The average Bonchev–Trinajstić information content (AvgIpc) is 3.01. The van der Waals surface area contributed by atoms with Gasteiger partial charge >= 0.3 is 0 Å². The number of hydrogen-bond acceptors (Lipinski definition) is 5. The van der Waals surface area contributed by atoms with E-state index in [4.69, 9.17) is 4.42 Å². The largest absolute Gasteiger partial charge is 0.468 e. The number of piperidine rings is 1. The van der Waals surface area contributed by atoms with Gasteiger partial charge in [-0.1, -0.05) is 6.42 Å². The van der Waals surface area contributed by atoms with E-state index in [1.807, 2.05) is 31.4 Å². The van der Waals surface area contributed by atoms with Crippen molar-refractivity contribution in [3.05, 3.63) is 42.1 Å². The molecule has 0 saturated carbocycles. The predicted molar refractivity (Wildman–Crippen MR) is 77.3 cm³/mol. The summed E-state index contributed by atoms with van der Waals surface area (Å²) in [6.07, 6.45) is 7.19. The Morgan fingerprint density at radius 1 is 1.40 bits per heavy atom. The Kier molecular flexibility index (Phi) is 3.97. The molecule has 0 bridgehead atoms. The maximum Gasteiger partial charge on any atom is 0.222 e. The van der Waals surface area contributed by atoms with Crippen molar-refractivity contribution in [1.82, 2.24) is 14.9 Å². The fraction of sp³-hybridized carbons (Fsp3) is 0.467. The molecule has 0 aliphatic carbocycles. The van der Waals surface area contributed by atoms with Crippen LogP contribution in [0.15, 0.2) is 35.1 Å². The van der Waals surface area contributed by atoms with Gasteiger partial charge in [-0.3, -0.25) is 4.90 Å². The minimum Gasteiger partial charge on any atom is -0.468 e. The van der Waals surface area contributed by atoms with Gasteiger partial charge in [-0.2, -0.15) is 0 Å². The lowest BCUT2D eigenvalue weighted by atomic mass is 9.99. The molecule has 3 heterocycles. The first-order chi connectivity index (χ1) is 9.86. The van der Waals surface area contributed by atoms with Crippen LogP contribution >= 0.6 is 0 Å². The monoisotopic (exact) mass is 272 g/mol. The van der Waals surface area contributed by atoms with Crippen molar-refractivity contribution in [1.29, 1.82) is 0 Å². The highest BCUT2D eigenvalue weighted by Gasteiger charge is 2.25. The molecule has 5 nitrogen and oxygen atoms in total. The van der Waals surface area contributed by atoms with E-state index in [1.165, 1.54) is 12.8 Å². The smallest absolute Gasteiger partial charge is 0.222 e. The zero-order valence-corrected chi connectivity index (χ0v) is 11.7. The van der Waals surface area contributed by atoms with Crippen LogP contribution in [-0.2, 0) is 6.54 Å². The molecule has 2 aromatic rings. The third-order valence-electron chi connectivity index (χ3n) is 3.79. The molecular formula is C15H20N4O. The maximum absolute atomic E-state index is 5.48. The van der Waals surface area contributed by atoms with Gasteiger partial charge in [-0.25, -0.2) is 9.97 Å². The highest BCUT2D eigenvalue weighted by Crippen LogP contribution is 2.31. The second-order valence-electron chi connectivity index (χ2n) is 5.12. The normalized spacial score (nSPS) is 19.9. The van der Waals surface area contributed by atoms with Gasteiger partial charge in [0.1, 0.15) is 5.76 Å². The summed E-state index contributed by atoms with van der Waals surface area (Å²) >= 11 is 0. The lowest BCUT2D eigenvalue weighted by molar-refractivity contribution is 0.127. The van der Waals surface area contributed by atoms with Crippen LogP contribution in [0.5, 0.6) is 0 Å². The third-order valence-corrected chi connectivity index (χ3v) is 3.79. The Labute approximate surface area is 119 Å². The molecule has 1 aliphatic rings. The van der Waals surface area contributed by atoms with Crippen LogP contribution in [-0.4, -0.2) is 28.5 Å². The van der Waals surface area contributed by atoms with Crippen LogP contribution in [0.1, 0.15) is 36.8 Å². The molecule has 5 heteroatoms. The van der Waals surface area contributed by atoms with Crippen LogP contribution in [0, 0.1) is 0 Å². The number of nitrogens with one attached hydrogen (secondary N) is 1. The third kappa shape index (κ3) is 2.82. The number of aromatic nitrogens is 2. The van der Waals surface area contributed by atoms with Crippen molar-refractivity contribution in [3.8, 4) is 0 Å². The molecule has 1 fully saturated rings. The molecule has 2 aromatic heterocycles. The second-order valence-corrected chi connectivity index (χ2v) is 5.12. The lowest BCUT2D eigenvalue weighted by Gasteiger charge is -2.34. The summed E-state index contributed by atoms with van der Waals surface area (Å²) in [6.45, 7) is 1.93. The summed E-state index contributed by atoms with van der Waals surface area (Å²) in [5.74, 6) is 1.70. The first-order valence-corrected chi connectivity index (χ1v) is 7.14. The van der Waals surface area contributed by atoms with Crippen molar-refractivity contribution >= 4 is 5.95 Å². The fourth-order valence-corrected chi connectivity index (χ4v) is 2.80. The zero-order chi connectivity index (χ0) is 13.8. The van der Waals surface area contributed by atoms with Crippen molar-refractivity contribution in [2.45, 2.75) is 31.8 Å². The first-order valence-electron chi connectivity index (χ1n) is 7.14. The standard InChI is InChI=1S/C15H20N4O/c1-16-15-17-8-7-13(18-15)14-6-2-3-9-19(14)11-12-5-4-10-20-12/h4-5,7-8,10,14H,2-3,6,9,11H2,1H3,(H,16,17,18)/t14-/m1/s1. The van der Waals surface area contributed by atoms with Gasteiger partial charge in [-0.15, -0.1) is 0 Å². The summed E-state index contributed by atoms with van der Waals surface area (Å²) in [4.78, 5) is 11.2. The van der Waals surface area contributed by atoms with Gasteiger partial charge in [0, 0.05) is 13.2 Å². The summed E-state index contributed by atoms with van der Waals surface area (Å²) in [7, 11) is 1.85. The molecule has 3 rings (SSSR count). The van der Waals surface area contributed by atoms with E-state index >= 15 is 0 Å². The number of hydrogen-bond donors (Lipinski definition) is 1. The number of rotatable bonds is 4. The number of likely N-dealkylation sites (tertiary alicyclic amines) is 1. The molecule has 1 aliphatic heterocycles. The highest BCUT2D eigenvalue weighted by atomic mass is 16.3. The van der Waals surface area contributed by atoms with Crippen molar-refractivity contribution in [2.24, 2.45) is 0 Å². The van der Waals surface area contributed by atoms with Crippen molar-refractivity contribution in [2.75, 3.05) is 18.9 Å². The summed E-state index contributed by atoms with van der Waals surface area (Å²) in [6, 6.07) is 6.35. The molecule has 0 spiro atoms. The minimum absolute atomic E-state index is 0.351. The van der Waals surface area contributed by atoms with Gasteiger partial charge in [0.25, 0.3) is 0 Å². The SMILES string of the molecule is CNc1nccc([C@H]2CCCCN2Cc2ccco2)n1. The van der Waals surface area contributed by atoms with Crippen LogP contribution < -0.4 is 5.32 Å². The van der Waals surface area contributed by atoms with Crippen LogP contribution in [0.2, 0.25) is 0 Å². The van der Waals surface area contributed by atoms with E-state index in [2.05, 4.69) is 20.2 Å². The molecule has 0 amide bonds. The van der Waals surface area contributed by atoms with E-state index in [0.29, 0.717) is 12.0 Å². The van der Waals surface area contributed by atoms with Gasteiger partial charge in [0.15, 0.2) is 0 Å². The lowest BCUT2D eigenvalue weighted by Crippen LogP contribution is -2.33. The second kappa shape index (κ2) is 6.05. The minimum atomic E-state index is 0.351. The number of anilines is 1. The molecule has 0 unspecified atom stereocenters. The molecule has 0 radical (unpaired) electrons. The number of nitrogens with zero attached hydrogens (tertiary/aromatic N) is 3. The Hall–Kier alpha value is -1.88. The van der Waals surface area contributed by atoms with Crippen molar-refractivity contribution < 1.29 is 4.42 Å². The van der Waals surface area contributed by atoms with Crippen LogP contribution in [0.25, 0.3) is 0 Å². The Balaban J connectivity index is 1.80. The maximum atomic E-state index is 5.48. The molecule has 1 N–H and O–H groups in total. The fourth-order valence-electron chi connectivity index (χ4n) is 2.80. The van der Waals surface area contributed by atoms with Crippen molar-refractivity contribution in [3.63, 3.8) is 0 Å². The van der Waals surface area contributed by atoms with E-state index < -0.39 is 0 Å². The Morgan fingerprint density at radius 3 is 3.15 bits per heavy atom. The molecular weight excluding hydrogens is 252 g/mol. The molecule has 20 heavy (non-hydrogen) atoms. The van der Waals surface area contributed by atoms with Gasteiger partial charge in [0.2, 0.25) is 5.95 Å². The molecule has 0 aromatic carbocycles. The number of furan rings is 1. The topological polar surface area (TPSA) is 54.2 Å². The van der Waals surface area contributed by atoms with Gasteiger partial charge in [0.05, 0.1) is 24.5 Å².